The summed E-state index contributed by atoms with van der Waals surface area (Å²) in [5.41, 5.74) is 0. The van der Waals surface area contributed by atoms with Crippen molar-refractivity contribution in [3.05, 3.63) is 0 Å². The Morgan fingerprint density at radius 1 is 1.43 bits per heavy atom. The first kappa shape index (κ1) is 11.6. The Labute approximate surface area is 88.1 Å². The lowest BCUT2D eigenvalue weighted by Crippen LogP contribution is -2.35. The van der Waals surface area contributed by atoms with E-state index in [2.05, 4.69) is 35.9 Å². The van der Waals surface area contributed by atoms with Crippen molar-refractivity contribution in [2.75, 3.05) is 20.1 Å². The third-order valence-electron chi connectivity index (χ3n) is 2.81. The predicted molar refractivity (Wildman–Crippen MR) is 61.2 cm³/mol. The number of hydrogen-bond acceptors (Lipinski definition) is 2. The van der Waals surface area contributed by atoms with Crippen LogP contribution in [-0.4, -0.2) is 37.1 Å². The van der Waals surface area contributed by atoms with E-state index in [0.717, 1.165) is 13.0 Å². The van der Waals surface area contributed by atoms with Gasteiger partial charge in [0.15, 0.2) is 0 Å². The molecule has 0 aromatic heterocycles. The van der Waals surface area contributed by atoms with Crippen molar-refractivity contribution in [2.45, 2.75) is 45.2 Å². The van der Waals surface area contributed by atoms with E-state index in [-0.39, 0.29) is 0 Å². The number of rotatable bonds is 3. The van der Waals surface area contributed by atoms with Gasteiger partial charge in [0.05, 0.1) is 6.54 Å². The second-order valence-electron chi connectivity index (χ2n) is 4.22. The Morgan fingerprint density at radius 2 is 2.21 bits per heavy atom. The molecule has 0 bridgehead atoms. The lowest BCUT2D eigenvalue weighted by Gasteiger charge is -2.26. The quantitative estimate of drug-likeness (QED) is 0.685. The summed E-state index contributed by atoms with van der Waals surface area (Å²) in [5, 5.41) is 3.04. The van der Waals surface area contributed by atoms with Gasteiger partial charge < -0.3 is 5.32 Å². The van der Waals surface area contributed by atoms with E-state index in [4.69, 9.17) is 0 Å². The van der Waals surface area contributed by atoms with Crippen molar-refractivity contribution in [1.29, 1.82) is 0 Å². The summed E-state index contributed by atoms with van der Waals surface area (Å²) in [6.45, 7) is 6.63. The molecule has 1 aliphatic rings. The first-order valence-corrected chi connectivity index (χ1v) is 5.61. The Morgan fingerprint density at radius 3 is 2.86 bits per heavy atom. The average molecular weight is 194 g/mol. The van der Waals surface area contributed by atoms with Crippen molar-refractivity contribution >= 4 is 0 Å². The van der Waals surface area contributed by atoms with Crippen LogP contribution in [0.1, 0.15) is 33.1 Å². The minimum atomic E-state index is 0.675. The highest BCUT2D eigenvalue weighted by Gasteiger charge is 2.25. The maximum absolute atomic E-state index is 3.26. The first-order valence-electron chi connectivity index (χ1n) is 5.61. The average Bonchev–Trinajstić information content (AvgIpc) is 2.60. The highest BCUT2D eigenvalue weighted by Crippen LogP contribution is 2.21. The van der Waals surface area contributed by atoms with E-state index in [9.17, 15) is 0 Å². The summed E-state index contributed by atoms with van der Waals surface area (Å²) in [7, 11) is 1.94. The zero-order chi connectivity index (χ0) is 10.4. The summed E-state index contributed by atoms with van der Waals surface area (Å²) in [4.78, 5) is 2.58. The summed E-state index contributed by atoms with van der Waals surface area (Å²) < 4.78 is 0. The number of hydrogen-bond donors (Lipinski definition) is 1. The molecule has 1 aliphatic heterocycles. The van der Waals surface area contributed by atoms with Crippen LogP contribution in [0.2, 0.25) is 0 Å². The fourth-order valence-electron chi connectivity index (χ4n) is 2.10. The molecular weight excluding hydrogens is 172 g/mol. The molecule has 0 saturated carbocycles. The van der Waals surface area contributed by atoms with E-state index >= 15 is 0 Å². The van der Waals surface area contributed by atoms with Crippen LogP contribution in [-0.2, 0) is 0 Å². The zero-order valence-electron chi connectivity index (χ0n) is 9.64. The predicted octanol–water partition coefficient (Wildman–Crippen LogP) is 1.47. The van der Waals surface area contributed by atoms with Gasteiger partial charge in [-0.1, -0.05) is 5.92 Å². The fourth-order valence-corrected chi connectivity index (χ4v) is 2.10. The second kappa shape index (κ2) is 6.06. The van der Waals surface area contributed by atoms with Gasteiger partial charge in [-0.15, -0.1) is 5.92 Å². The Hall–Kier alpha value is -0.520. The molecule has 14 heavy (non-hydrogen) atoms. The summed E-state index contributed by atoms with van der Waals surface area (Å²) in [6.07, 6.45) is 3.71. The molecule has 0 aromatic carbocycles. The molecule has 1 atom stereocenters. The van der Waals surface area contributed by atoms with Crippen molar-refractivity contribution in [3.63, 3.8) is 0 Å². The van der Waals surface area contributed by atoms with E-state index in [1.165, 1.54) is 19.4 Å². The number of likely N-dealkylation sites (tertiary alicyclic amines) is 1. The van der Waals surface area contributed by atoms with E-state index in [0.29, 0.717) is 12.1 Å². The van der Waals surface area contributed by atoms with Crippen LogP contribution in [0.15, 0.2) is 0 Å². The van der Waals surface area contributed by atoms with Crippen molar-refractivity contribution in [1.82, 2.24) is 10.2 Å². The van der Waals surface area contributed by atoms with Gasteiger partial charge in [-0.2, -0.15) is 0 Å². The maximum atomic E-state index is 3.26. The minimum Gasteiger partial charge on any atom is -0.309 e. The molecule has 1 heterocycles. The standard InChI is InChI=1S/C12H22N2/c1-11(2)14-10-6-8-12(14)7-4-5-9-13-3/h11-13H,6-10H2,1-3H3. The SMILES string of the molecule is CNCC#CCC1CCCN1C(C)C. The van der Waals surface area contributed by atoms with Gasteiger partial charge in [-0.3, -0.25) is 4.90 Å². The summed E-state index contributed by atoms with van der Waals surface area (Å²) >= 11 is 0. The second-order valence-corrected chi connectivity index (χ2v) is 4.22. The normalized spacial score (nSPS) is 22.4. The Balaban J connectivity index is 2.33. The van der Waals surface area contributed by atoms with Crippen LogP contribution in [0, 0.1) is 11.8 Å². The van der Waals surface area contributed by atoms with E-state index in [1.54, 1.807) is 0 Å². The van der Waals surface area contributed by atoms with Crippen LogP contribution < -0.4 is 5.32 Å². The van der Waals surface area contributed by atoms with Crippen LogP contribution in [0.4, 0.5) is 0 Å². The van der Waals surface area contributed by atoms with Crippen LogP contribution in [0.5, 0.6) is 0 Å². The monoisotopic (exact) mass is 194 g/mol. The van der Waals surface area contributed by atoms with Crippen molar-refractivity contribution < 1.29 is 0 Å². The molecule has 0 radical (unpaired) electrons. The lowest BCUT2D eigenvalue weighted by molar-refractivity contribution is 0.206. The highest BCUT2D eigenvalue weighted by atomic mass is 15.2. The largest absolute Gasteiger partial charge is 0.309 e. The maximum Gasteiger partial charge on any atom is 0.0574 e. The molecule has 1 unspecified atom stereocenters. The first-order chi connectivity index (χ1) is 6.75. The molecule has 2 nitrogen and oxygen atoms in total. The van der Waals surface area contributed by atoms with Gasteiger partial charge in [0.25, 0.3) is 0 Å². The molecule has 0 amide bonds. The molecule has 0 spiro atoms. The van der Waals surface area contributed by atoms with Gasteiger partial charge >= 0.3 is 0 Å². The molecule has 1 fully saturated rings. The molecule has 2 heteroatoms. The minimum absolute atomic E-state index is 0.675. The summed E-state index contributed by atoms with van der Waals surface area (Å²) in [5.74, 6) is 6.39. The van der Waals surface area contributed by atoms with E-state index < -0.39 is 0 Å². The Kier molecular flexibility index (Phi) is 5.00. The van der Waals surface area contributed by atoms with Crippen LogP contribution in [0.3, 0.4) is 0 Å². The Bertz CT molecular complexity index is 212. The summed E-state index contributed by atoms with van der Waals surface area (Å²) in [6, 6.07) is 1.38. The van der Waals surface area contributed by atoms with Crippen LogP contribution >= 0.6 is 0 Å². The van der Waals surface area contributed by atoms with Gasteiger partial charge in [0, 0.05) is 18.5 Å². The van der Waals surface area contributed by atoms with Gasteiger partial charge in [-0.05, 0) is 40.3 Å². The molecule has 1 rings (SSSR count). The van der Waals surface area contributed by atoms with Crippen molar-refractivity contribution in [2.24, 2.45) is 0 Å². The molecule has 80 valence electrons. The number of nitrogens with one attached hydrogen (secondary N) is 1. The topological polar surface area (TPSA) is 15.3 Å². The van der Waals surface area contributed by atoms with Crippen molar-refractivity contribution in [3.8, 4) is 11.8 Å². The van der Waals surface area contributed by atoms with Crippen LogP contribution in [0.25, 0.3) is 0 Å². The zero-order valence-corrected chi connectivity index (χ0v) is 9.64. The molecule has 0 aliphatic carbocycles. The van der Waals surface area contributed by atoms with Gasteiger partial charge in [0.1, 0.15) is 0 Å². The third kappa shape index (κ3) is 3.32. The molecule has 1 N–H and O–H groups in total. The lowest BCUT2D eigenvalue weighted by atomic mass is 10.1. The smallest absolute Gasteiger partial charge is 0.0574 e. The van der Waals surface area contributed by atoms with E-state index in [1.807, 2.05) is 7.05 Å². The molecule has 1 saturated heterocycles. The molecular formula is C12H22N2. The highest BCUT2D eigenvalue weighted by molar-refractivity contribution is 5.04. The molecule has 0 aromatic rings. The van der Waals surface area contributed by atoms with Gasteiger partial charge in [-0.25, -0.2) is 0 Å². The fraction of sp³-hybridized carbons (Fsp3) is 0.833. The third-order valence-corrected chi connectivity index (χ3v) is 2.81. The number of nitrogens with zero attached hydrogens (tertiary/aromatic N) is 1. The van der Waals surface area contributed by atoms with Gasteiger partial charge in [0.2, 0.25) is 0 Å².